The van der Waals surface area contributed by atoms with Crippen LogP contribution in [-0.4, -0.2) is 19.7 Å². The minimum absolute atomic E-state index is 0.117. The second kappa shape index (κ2) is 4.75. The van der Waals surface area contributed by atoms with Gasteiger partial charge in [0, 0.05) is 22.9 Å². The van der Waals surface area contributed by atoms with E-state index in [4.69, 9.17) is 5.84 Å². The Kier molecular flexibility index (Phi) is 3.10. The zero-order chi connectivity index (χ0) is 12.5. The molecule has 0 aliphatic heterocycles. The summed E-state index contributed by atoms with van der Waals surface area (Å²) in [6, 6.07) is 0.335. The van der Waals surface area contributed by atoms with Crippen LogP contribution in [0.3, 0.4) is 0 Å². The van der Waals surface area contributed by atoms with Gasteiger partial charge in [-0.1, -0.05) is 11.8 Å². The number of nitrogens with one attached hydrogen (secondary N) is 2. The molecule has 96 valence electrons. The quantitative estimate of drug-likeness (QED) is 0.429. The normalized spacial score (nSPS) is 14.9. The number of aromatic amines is 1. The summed E-state index contributed by atoms with van der Waals surface area (Å²) in [5.74, 6) is 6.01. The lowest BCUT2D eigenvalue weighted by atomic mass is 10.6. The van der Waals surface area contributed by atoms with Gasteiger partial charge in [0.15, 0.2) is 10.3 Å². The zero-order valence-corrected chi connectivity index (χ0v) is 11.1. The lowest BCUT2D eigenvalue weighted by Crippen LogP contribution is -2.16. The van der Waals surface area contributed by atoms with Gasteiger partial charge >= 0.3 is 5.69 Å². The third kappa shape index (κ3) is 2.28. The number of hydrogen-bond donors (Lipinski definition) is 3. The molecule has 4 N–H and O–H groups in total. The summed E-state index contributed by atoms with van der Waals surface area (Å²) in [5, 5.41) is 7.99. The van der Waals surface area contributed by atoms with Crippen LogP contribution in [0.1, 0.15) is 23.8 Å². The van der Waals surface area contributed by atoms with E-state index in [1.165, 1.54) is 23.1 Å². The van der Waals surface area contributed by atoms with Crippen LogP contribution in [0.2, 0.25) is 0 Å². The topological polar surface area (TPSA) is 102 Å². The Bertz CT molecular complexity index is 598. The van der Waals surface area contributed by atoms with Crippen LogP contribution in [0.4, 0.5) is 5.13 Å². The molecule has 2 aromatic heterocycles. The standard InChI is InChI=1S/C9H12N6OS2/c10-12-7-11-3-6(18-7)4-17-9-14-13-8(16)15(9)5-1-2-5/h3,5H,1-2,4,10H2,(H,11,12)(H,13,16). The van der Waals surface area contributed by atoms with Crippen LogP contribution in [0, 0.1) is 0 Å². The highest BCUT2D eigenvalue weighted by Gasteiger charge is 2.28. The van der Waals surface area contributed by atoms with E-state index >= 15 is 0 Å². The van der Waals surface area contributed by atoms with Crippen molar-refractivity contribution in [2.75, 3.05) is 5.43 Å². The summed E-state index contributed by atoms with van der Waals surface area (Å²) < 4.78 is 1.74. The lowest BCUT2D eigenvalue weighted by molar-refractivity contribution is 0.642. The maximum absolute atomic E-state index is 11.6. The predicted octanol–water partition coefficient (Wildman–Crippen LogP) is 0.941. The summed E-state index contributed by atoms with van der Waals surface area (Å²) in [5.41, 5.74) is 2.39. The van der Waals surface area contributed by atoms with Gasteiger partial charge in [0.25, 0.3) is 0 Å². The number of rotatable bonds is 5. The summed E-state index contributed by atoms with van der Waals surface area (Å²) in [7, 11) is 0. The molecule has 3 rings (SSSR count). The average Bonchev–Trinajstić information content (AvgIpc) is 2.98. The molecule has 7 nitrogen and oxygen atoms in total. The van der Waals surface area contributed by atoms with E-state index < -0.39 is 0 Å². The summed E-state index contributed by atoms with van der Waals surface area (Å²) in [6.45, 7) is 0. The van der Waals surface area contributed by atoms with E-state index in [0.717, 1.165) is 28.6 Å². The van der Waals surface area contributed by atoms with Crippen molar-refractivity contribution in [3.8, 4) is 0 Å². The van der Waals surface area contributed by atoms with Gasteiger partial charge in [0.1, 0.15) is 0 Å². The van der Waals surface area contributed by atoms with E-state index in [9.17, 15) is 4.79 Å². The van der Waals surface area contributed by atoms with Crippen LogP contribution >= 0.6 is 23.1 Å². The fourth-order valence-electron chi connectivity index (χ4n) is 1.62. The molecule has 0 bridgehead atoms. The molecule has 0 saturated heterocycles. The van der Waals surface area contributed by atoms with Gasteiger partial charge in [-0.2, -0.15) is 0 Å². The number of thioether (sulfide) groups is 1. The highest BCUT2D eigenvalue weighted by molar-refractivity contribution is 7.98. The molecular formula is C9H12N6OS2. The Labute approximate surface area is 111 Å². The SMILES string of the molecule is NNc1ncc(CSc2n[nH]c(=O)n2C2CC2)s1. The first-order chi connectivity index (χ1) is 8.78. The summed E-state index contributed by atoms with van der Waals surface area (Å²) in [4.78, 5) is 16.8. The first-order valence-corrected chi connectivity index (χ1v) is 7.29. The maximum atomic E-state index is 11.6. The van der Waals surface area contributed by atoms with Crippen molar-refractivity contribution in [1.82, 2.24) is 19.7 Å². The Morgan fingerprint density at radius 1 is 1.67 bits per heavy atom. The number of thiazole rings is 1. The van der Waals surface area contributed by atoms with Crippen LogP contribution in [-0.2, 0) is 5.75 Å². The smallest absolute Gasteiger partial charge is 0.300 e. The van der Waals surface area contributed by atoms with Crippen LogP contribution in [0.25, 0.3) is 0 Å². The number of hydrazine groups is 1. The predicted molar refractivity (Wildman–Crippen MR) is 70.6 cm³/mol. The van der Waals surface area contributed by atoms with Crippen LogP contribution in [0.5, 0.6) is 0 Å². The molecule has 0 spiro atoms. The molecule has 0 radical (unpaired) electrons. The lowest BCUT2D eigenvalue weighted by Gasteiger charge is -2.01. The van der Waals surface area contributed by atoms with Gasteiger partial charge in [0.05, 0.1) is 0 Å². The van der Waals surface area contributed by atoms with E-state index in [-0.39, 0.29) is 5.69 Å². The third-order valence-electron chi connectivity index (χ3n) is 2.60. The van der Waals surface area contributed by atoms with Crippen molar-refractivity contribution in [3.63, 3.8) is 0 Å². The summed E-state index contributed by atoms with van der Waals surface area (Å²) >= 11 is 3.03. The number of anilines is 1. The molecule has 1 fully saturated rings. The molecule has 0 amide bonds. The zero-order valence-electron chi connectivity index (χ0n) is 9.42. The van der Waals surface area contributed by atoms with Crippen molar-refractivity contribution in [2.45, 2.75) is 29.8 Å². The molecule has 18 heavy (non-hydrogen) atoms. The van der Waals surface area contributed by atoms with E-state index in [1.807, 2.05) is 0 Å². The molecule has 0 aromatic carbocycles. The molecule has 1 saturated carbocycles. The monoisotopic (exact) mass is 284 g/mol. The van der Waals surface area contributed by atoms with Crippen LogP contribution < -0.4 is 17.0 Å². The van der Waals surface area contributed by atoms with Crippen molar-refractivity contribution < 1.29 is 0 Å². The first-order valence-electron chi connectivity index (χ1n) is 5.49. The molecule has 2 heterocycles. The number of aromatic nitrogens is 4. The minimum atomic E-state index is -0.117. The van der Waals surface area contributed by atoms with Crippen LogP contribution in [0.15, 0.2) is 16.1 Å². The van der Waals surface area contributed by atoms with Gasteiger partial charge in [-0.25, -0.2) is 20.7 Å². The number of H-pyrrole nitrogens is 1. The molecule has 2 aromatic rings. The number of nitrogen functional groups attached to an aromatic ring is 1. The maximum Gasteiger partial charge on any atom is 0.344 e. The second-order valence-corrected chi connectivity index (χ2v) is 6.03. The molecular weight excluding hydrogens is 272 g/mol. The van der Waals surface area contributed by atoms with Gasteiger partial charge in [-0.15, -0.1) is 16.4 Å². The number of nitrogens with zero attached hydrogens (tertiary/aromatic N) is 3. The fraction of sp³-hybridized carbons (Fsp3) is 0.444. The van der Waals surface area contributed by atoms with Gasteiger partial charge < -0.3 is 0 Å². The summed E-state index contributed by atoms with van der Waals surface area (Å²) in [6.07, 6.45) is 3.91. The van der Waals surface area contributed by atoms with Gasteiger partial charge in [0.2, 0.25) is 0 Å². The number of nitrogens with two attached hydrogens (primary N) is 1. The van der Waals surface area contributed by atoms with Crippen molar-refractivity contribution in [2.24, 2.45) is 5.84 Å². The van der Waals surface area contributed by atoms with E-state index in [0.29, 0.717) is 11.2 Å². The van der Waals surface area contributed by atoms with E-state index in [2.05, 4.69) is 20.6 Å². The molecule has 9 heteroatoms. The van der Waals surface area contributed by atoms with Gasteiger partial charge in [-0.3, -0.25) is 9.99 Å². The van der Waals surface area contributed by atoms with Crippen molar-refractivity contribution >= 4 is 28.2 Å². The fourth-order valence-corrected chi connectivity index (χ4v) is 3.38. The highest BCUT2D eigenvalue weighted by Crippen LogP contribution is 2.36. The Balaban J connectivity index is 1.71. The molecule has 1 aliphatic carbocycles. The first kappa shape index (κ1) is 11.8. The number of hydrogen-bond acceptors (Lipinski definition) is 7. The Hall–Kier alpha value is -1.32. The minimum Gasteiger partial charge on any atom is -0.300 e. The van der Waals surface area contributed by atoms with Gasteiger partial charge in [-0.05, 0) is 12.8 Å². The van der Waals surface area contributed by atoms with Crippen molar-refractivity contribution in [3.05, 3.63) is 21.6 Å². The highest BCUT2D eigenvalue weighted by atomic mass is 32.2. The molecule has 1 aliphatic rings. The van der Waals surface area contributed by atoms with Crippen molar-refractivity contribution in [1.29, 1.82) is 0 Å². The molecule has 0 atom stereocenters. The van der Waals surface area contributed by atoms with E-state index in [1.54, 1.807) is 10.8 Å². The Morgan fingerprint density at radius 2 is 2.50 bits per heavy atom. The average molecular weight is 284 g/mol. The second-order valence-electron chi connectivity index (χ2n) is 3.98. The largest absolute Gasteiger partial charge is 0.344 e. The molecule has 0 unspecified atom stereocenters. The Morgan fingerprint density at radius 3 is 3.17 bits per heavy atom. The third-order valence-corrected chi connectivity index (χ3v) is 4.72.